The van der Waals surface area contributed by atoms with Crippen LogP contribution in [0.2, 0.25) is 0 Å². The van der Waals surface area contributed by atoms with Crippen LogP contribution in [0.4, 0.5) is 8.78 Å². The molecule has 0 aromatic heterocycles. The fourth-order valence-corrected chi connectivity index (χ4v) is 2.13. The smallest absolute Gasteiger partial charge is 0.387 e. The van der Waals surface area contributed by atoms with Crippen molar-refractivity contribution in [2.24, 2.45) is 4.99 Å². The Morgan fingerprint density at radius 1 is 1.32 bits per heavy atom. The highest BCUT2D eigenvalue weighted by molar-refractivity contribution is 5.79. The maximum atomic E-state index is 12.5. The van der Waals surface area contributed by atoms with Gasteiger partial charge in [-0.05, 0) is 26.3 Å². The molecule has 6 nitrogen and oxygen atoms in total. The van der Waals surface area contributed by atoms with Gasteiger partial charge in [-0.15, -0.1) is 0 Å². The normalized spacial score (nSPS) is 11.4. The second-order valence-corrected chi connectivity index (χ2v) is 5.25. The Bertz CT molecular complexity index is 580. The minimum Gasteiger partial charge on any atom is -0.466 e. The van der Waals surface area contributed by atoms with Crippen molar-refractivity contribution < 1.29 is 23.0 Å². The van der Waals surface area contributed by atoms with Crippen molar-refractivity contribution in [2.75, 3.05) is 20.2 Å². The molecule has 0 heterocycles. The molecule has 1 aromatic rings. The molecule has 2 N–H and O–H groups in total. The first-order valence-electron chi connectivity index (χ1n) is 8.10. The van der Waals surface area contributed by atoms with E-state index in [1.54, 1.807) is 26.1 Å². The fraction of sp³-hybridized carbons (Fsp3) is 0.529. The predicted molar refractivity (Wildman–Crippen MR) is 91.9 cm³/mol. The molecule has 0 fully saturated rings. The van der Waals surface area contributed by atoms with Gasteiger partial charge in [0.1, 0.15) is 5.75 Å². The summed E-state index contributed by atoms with van der Waals surface area (Å²) in [4.78, 5) is 15.3. The average molecular weight is 357 g/mol. The first-order valence-corrected chi connectivity index (χ1v) is 8.10. The fourth-order valence-electron chi connectivity index (χ4n) is 2.13. The highest BCUT2D eigenvalue weighted by Crippen LogP contribution is 2.21. The molecular formula is C17H25F2N3O3. The molecule has 140 valence electrons. The maximum absolute atomic E-state index is 12.5. The van der Waals surface area contributed by atoms with Crippen LogP contribution in [0, 0.1) is 6.92 Å². The summed E-state index contributed by atoms with van der Waals surface area (Å²) < 4.78 is 34.3. The van der Waals surface area contributed by atoms with Gasteiger partial charge in [-0.25, -0.2) is 0 Å². The van der Waals surface area contributed by atoms with Crippen molar-refractivity contribution in [1.82, 2.24) is 10.6 Å². The second-order valence-electron chi connectivity index (χ2n) is 5.25. The summed E-state index contributed by atoms with van der Waals surface area (Å²) >= 11 is 0. The van der Waals surface area contributed by atoms with E-state index >= 15 is 0 Å². The number of hydrogen-bond donors (Lipinski definition) is 2. The van der Waals surface area contributed by atoms with Crippen molar-refractivity contribution in [3.8, 4) is 5.75 Å². The molecule has 0 aliphatic heterocycles. The van der Waals surface area contributed by atoms with Crippen molar-refractivity contribution in [3.05, 3.63) is 29.3 Å². The molecule has 0 aliphatic carbocycles. The van der Waals surface area contributed by atoms with Gasteiger partial charge < -0.3 is 20.1 Å². The number of nitrogens with one attached hydrogen (secondary N) is 2. The third kappa shape index (κ3) is 8.32. The van der Waals surface area contributed by atoms with E-state index in [1.807, 2.05) is 6.92 Å². The van der Waals surface area contributed by atoms with Gasteiger partial charge in [0.25, 0.3) is 0 Å². The van der Waals surface area contributed by atoms with E-state index in [9.17, 15) is 13.6 Å². The summed E-state index contributed by atoms with van der Waals surface area (Å²) in [6.07, 6.45) is 0.922. The number of hydrogen-bond acceptors (Lipinski definition) is 4. The molecular weight excluding hydrogens is 332 g/mol. The van der Waals surface area contributed by atoms with E-state index in [-0.39, 0.29) is 18.3 Å². The number of benzene rings is 1. The SMILES string of the molecule is CCOC(=O)CCCNC(=NC)NCc1cc(C)ccc1OC(F)F. The first-order chi connectivity index (χ1) is 12.0. The Morgan fingerprint density at radius 3 is 2.72 bits per heavy atom. The van der Waals surface area contributed by atoms with E-state index in [2.05, 4.69) is 20.4 Å². The Hall–Kier alpha value is -2.38. The molecule has 1 aromatic carbocycles. The average Bonchev–Trinajstić information content (AvgIpc) is 2.56. The molecule has 1 rings (SSSR count). The van der Waals surface area contributed by atoms with Crippen molar-refractivity contribution in [1.29, 1.82) is 0 Å². The number of aryl methyl sites for hydroxylation is 1. The molecule has 0 aliphatic rings. The van der Waals surface area contributed by atoms with Gasteiger partial charge in [0.15, 0.2) is 5.96 Å². The zero-order valence-electron chi connectivity index (χ0n) is 14.8. The predicted octanol–water partition coefficient (Wildman–Crippen LogP) is 2.60. The topological polar surface area (TPSA) is 72.0 Å². The van der Waals surface area contributed by atoms with Gasteiger partial charge in [-0.3, -0.25) is 9.79 Å². The Morgan fingerprint density at radius 2 is 2.08 bits per heavy atom. The number of nitrogens with zero attached hydrogens (tertiary/aromatic N) is 1. The monoisotopic (exact) mass is 357 g/mol. The van der Waals surface area contributed by atoms with E-state index < -0.39 is 6.61 Å². The van der Waals surface area contributed by atoms with Crippen LogP contribution in [0.5, 0.6) is 5.75 Å². The van der Waals surface area contributed by atoms with Gasteiger partial charge >= 0.3 is 12.6 Å². The highest BCUT2D eigenvalue weighted by Gasteiger charge is 2.10. The molecule has 0 atom stereocenters. The van der Waals surface area contributed by atoms with E-state index in [1.165, 1.54) is 6.07 Å². The zero-order chi connectivity index (χ0) is 18.7. The second kappa shape index (κ2) is 11.2. The van der Waals surface area contributed by atoms with Crippen LogP contribution in [-0.4, -0.2) is 38.7 Å². The molecule has 0 amide bonds. The lowest BCUT2D eigenvalue weighted by atomic mass is 10.1. The van der Waals surface area contributed by atoms with E-state index in [0.29, 0.717) is 37.5 Å². The highest BCUT2D eigenvalue weighted by atomic mass is 19.3. The van der Waals surface area contributed by atoms with Crippen molar-refractivity contribution in [3.63, 3.8) is 0 Å². The number of rotatable bonds is 9. The lowest BCUT2D eigenvalue weighted by Crippen LogP contribution is -2.37. The quantitative estimate of drug-likeness (QED) is 0.308. The van der Waals surface area contributed by atoms with Crippen LogP contribution >= 0.6 is 0 Å². The van der Waals surface area contributed by atoms with E-state index in [4.69, 9.17) is 4.74 Å². The van der Waals surface area contributed by atoms with E-state index in [0.717, 1.165) is 5.56 Å². The minimum absolute atomic E-state index is 0.130. The van der Waals surface area contributed by atoms with Gasteiger partial charge in [-0.1, -0.05) is 17.7 Å². The molecule has 0 saturated carbocycles. The number of alkyl halides is 2. The van der Waals surface area contributed by atoms with Crippen LogP contribution in [0.25, 0.3) is 0 Å². The maximum Gasteiger partial charge on any atom is 0.387 e. The summed E-state index contributed by atoms with van der Waals surface area (Å²) in [6.45, 7) is 1.95. The number of carbonyl (C=O) groups excluding carboxylic acids is 1. The molecule has 25 heavy (non-hydrogen) atoms. The number of aliphatic imine (C=N–C) groups is 1. The Kier molecular flexibility index (Phi) is 9.28. The van der Waals surface area contributed by atoms with Crippen molar-refractivity contribution >= 4 is 11.9 Å². The number of esters is 1. The Balaban J connectivity index is 2.49. The third-order valence-corrected chi connectivity index (χ3v) is 3.26. The van der Waals surface area contributed by atoms with Crippen LogP contribution in [0.3, 0.4) is 0 Å². The largest absolute Gasteiger partial charge is 0.466 e. The molecule has 0 unspecified atom stereocenters. The summed E-state index contributed by atoms with van der Waals surface area (Å²) in [5.74, 6) is 0.403. The number of guanidine groups is 1. The van der Waals surface area contributed by atoms with Gasteiger partial charge in [0.05, 0.1) is 6.61 Å². The lowest BCUT2D eigenvalue weighted by Gasteiger charge is -2.15. The summed E-state index contributed by atoms with van der Waals surface area (Å²) in [5.41, 5.74) is 1.55. The number of ether oxygens (including phenoxy) is 2. The third-order valence-electron chi connectivity index (χ3n) is 3.26. The van der Waals surface area contributed by atoms with Crippen LogP contribution in [0.15, 0.2) is 23.2 Å². The molecule has 0 saturated heterocycles. The Labute approximate surface area is 146 Å². The van der Waals surface area contributed by atoms with Crippen molar-refractivity contribution in [2.45, 2.75) is 39.8 Å². The standard InChI is InChI=1S/C17H25F2N3O3/c1-4-24-15(23)6-5-9-21-17(20-3)22-11-13-10-12(2)7-8-14(13)25-16(18)19/h7-8,10,16H,4-6,9,11H2,1-3H3,(H2,20,21,22). The summed E-state index contributed by atoms with van der Waals surface area (Å²) in [7, 11) is 1.60. The number of carbonyl (C=O) groups is 1. The molecule has 0 bridgehead atoms. The van der Waals surface area contributed by atoms with Crippen LogP contribution in [0.1, 0.15) is 30.9 Å². The first kappa shape index (κ1) is 20.7. The summed E-state index contributed by atoms with van der Waals surface area (Å²) in [6, 6.07) is 5.01. The summed E-state index contributed by atoms with van der Waals surface area (Å²) in [5, 5.41) is 6.09. The van der Waals surface area contributed by atoms with Gasteiger partial charge in [0, 0.05) is 32.1 Å². The zero-order valence-corrected chi connectivity index (χ0v) is 14.8. The van der Waals surface area contributed by atoms with Crippen LogP contribution in [-0.2, 0) is 16.1 Å². The molecule has 0 spiro atoms. The van der Waals surface area contributed by atoms with Crippen LogP contribution < -0.4 is 15.4 Å². The minimum atomic E-state index is -2.87. The molecule has 8 heteroatoms. The number of halogens is 2. The molecule has 0 radical (unpaired) electrons. The van der Waals surface area contributed by atoms with Gasteiger partial charge in [-0.2, -0.15) is 8.78 Å². The lowest BCUT2D eigenvalue weighted by molar-refractivity contribution is -0.143. The van der Waals surface area contributed by atoms with Gasteiger partial charge in [0.2, 0.25) is 0 Å².